The third-order valence-electron chi connectivity index (χ3n) is 6.09. The van der Waals surface area contributed by atoms with E-state index in [2.05, 4.69) is 22.8 Å². The maximum atomic E-state index is 12.5. The molecular weight excluding hydrogens is 396 g/mol. The van der Waals surface area contributed by atoms with Gasteiger partial charge in [0.15, 0.2) is 0 Å². The van der Waals surface area contributed by atoms with Gasteiger partial charge in [0.05, 0.1) is 5.92 Å². The molecule has 7 nitrogen and oxygen atoms in total. The molecule has 162 valence electrons. The molecule has 2 aliphatic carbocycles. The number of carbonyl (C=O) groups excluding carboxylic acids is 2. The van der Waals surface area contributed by atoms with Crippen LogP contribution in [0.2, 0.25) is 0 Å². The maximum Gasteiger partial charge on any atom is 0.408 e. The topological polar surface area (TPSA) is 105 Å². The van der Waals surface area contributed by atoms with E-state index in [9.17, 15) is 14.4 Å². The Bertz CT molecular complexity index is 987. The Labute approximate surface area is 180 Å². The van der Waals surface area contributed by atoms with Gasteiger partial charge < -0.3 is 20.5 Å². The third-order valence-corrected chi connectivity index (χ3v) is 6.09. The average molecular weight is 422 g/mol. The SMILES string of the molecule is CC(C)(NC(=O)OCC1c2ccccc2-c2ccccc21)C(=O)NCC1CC1C(=O)O. The number of rotatable bonds is 7. The first-order valence-corrected chi connectivity index (χ1v) is 10.4. The quantitative estimate of drug-likeness (QED) is 0.636. The molecule has 0 saturated heterocycles. The zero-order valence-corrected chi connectivity index (χ0v) is 17.6. The second-order valence-electron chi connectivity index (χ2n) is 8.73. The third kappa shape index (κ3) is 4.26. The molecule has 0 radical (unpaired) electrons. The molecule has 0 aliphatic heterocycles. The van der Waals surface area contributed by atoms with E-state index >= 15 is 0 Å². The summed E-state index contributed by atoms with van der Waals surface area (Å²) in [5.41, 5.74) is 3.34. The normalized spacial score (nSPS) is 19.2. The number of ether oxygens (including phenoxy) is 1. The number of fused-ring (bicyclic) bond motifs is 3. The molecule has 2 aliphatic rings. The fourth-order valence-corrected chi connectivity index (χ4v) is 4.17. The van der Waals surface area contributed by atoms with E-state index < -0.39 is 23.5 Å². The summed E-state index contributed by atoms with van der Waals surface area (Å²) in [7, 11) is 0. The van der Waals surface area contributed by atoms with Crippen LogP contribution in [0.1, 0.15) is 37.3 Å². The van der Waals surface area contributed by atoms with Gasteiger partial charge in [0, 0.05) is 12.5 Å². The van der Waals surface area contributed by atoms with Gasteiger partial charge in [-0.25, -0.2) is 4.79 Å². The summed E-state index contributed by atoms with van der Waals surface area (Å²) >= 11 is 0. The highest BCUT2D eigenvalue weighted by Gasteiger charge is 2.43. The minimum atomic E-state index is -1.18. The van der Waals surface area contributed by atoms with Crippen LogP contribution in [0.3, 0.4) is 0 Å². The van der Waals surface area contributed by atoms with Crippen LogP contribution in [0.25, 0.3) is 11.1 Å². The fraction of sp³-hybridized carbons (Fsp3) is 0.375. The van der Waals surface area contributed by atoms with Gasteiger partial charge in [0.2, 0.25) is 5.91 Å². The lowest BCUT2D eigenvalue weighted by molar-refractivity contribution is -0.139. The van der Waals surface area contributed by atoms with Crippen molar-refractivity contribution in [3.8, 4) is 11.1 Å². The number of amides is 2. The average Bonchev–Trinajstić information content (AvgIpc) is 3.46. The smallest absolute Gasteiger partial charge is 0.408 e. The number of carboxylic acid groups (broad SMARTS) is 1. The molecule has 2 atom stereocenters. The molecule has 2 aromatic carbocycles. The van der Waals surface area contributed by atoms with E-state index in [1.165, 1.54) is 0 Å². The van der Waals surface area contributed by atoms with Gasteiger partial charge in [-0.15, -0.1) is 0 Å². The summed E-state index contributed by atoms with van der Waals surface area (Å²) in [5.74, 6) is -1.71. The molecule has 31 heavy (non-hydrogen) atoms. The standard InChI is InChI=1S/C24H26N2O5/c1-24(2,22(29)25-12-14-11-19(14)21(27)28)26-23(30)31-13-20-17-9-5-3-7-15(17)16-8-4-6-10-18(16)20/h3-10,14,19-20H,11-13H2,1-2H3,(H,25,29)(H,26,30)(H,27,28). The zero-order valence-electron chi connectivity index (χ0n) is 17.6. The summed E-state index contributed by atoms with van der Waals surface area (Å²) in [4.78, 5) is 35.8. The van der Waals surface area contributed by atoms with E-state index in [-0.39, 0.29) is 30.9 Å². The minimum Gasteiger partial charge on any atom is -0.481 e. The molecule has 2 amide bonds. The molecule has 7 heteroatoms. The second kappa shape index (κ2) is 8.06. The summed E-state index contributed by atoms with van der Waals surface area (Å²) in [5, 5.41) is 14.3. The van der Waals surface area contributed by atoms with Crippen LogP contribution >= 0.6 is 0 Å². The number of carboxylic acids is 1. The first-order chi connectivity index (χ1) is 14.8. The van der Waals surface area contributed by atoms with E-state index in [1.54, 1.807) is 13.8 Å². The van der Waals surface area contributed by atoms with Crippen LogP contribution in [-0.2, 0) is 14.3 Å². The van der Waals surface area contributed by atoms with Crippen molar-refractivity contribution in [2.24, 2.45) is 11.8 Å². The Hall–Kier alpha value is -3.35. The lowest BCUT2D eigenvalue weighted by Crippen LogP contribution is -2.55. The van der Waals surface area contributed by atoms with Gasteiger partial charge >= 0.3 is 12.1 Å². The van der Waals surface area contributed by atoms with Gasteiger partial charge in [0.1, 0.15) is 12.1 Å². The Morgan fingerprint density at radius 2 is 1.61 bits per heavy atom. The number of aliphatic carboxylic acids is 1. The van der Waals surface area contributed by atoms with Crippen molar-refractivity contribution in [2.75, 3.05) is 13.2 Å². The highest BCUT2D eigenvalue weighted by atomic mass is 16.5. The molecule has 3 N–H and O–H groups in total. The Morgan fingerprint density at radius 1 is 1.03 bits per heavy atom. The zero-order chi connectivity index (χ0) is 22.2. The van der Waals surface area contributed by atoms with E-state index in [4.69, 9.17) is 9.84 Å². The van der Waals surface area contributed by atoms with Crippen LogP contribution < -0.4 is 10.6 Å². The Morgan fingerprint density at radius 3 is 2.16 bits per heavy atom. The minimum absolute atomic E-state index is 0.0493. The first kappa shape index (κ1) is 20.9. The van der Waals surface area contributed by atoms with E-state index in [1.807, 2.05) is 36.4 Å². The molecule has 4 rings (SSSR count). The highest BCUT2D eigenvalue weighted by molar-refractivity contribution is 5.89. The number of nitrogens with one attached hydrogen (secondary N) is 2. The lowest BCUT2D eigenvalue weighted by Gasteiger charge is -2.25. The molecule has 0 heterocycles. The van der Waals surface area contributed by atoms with E-state index in [0.29, 0.717) is 6.42 Å². The van der Waals surface area contributed by atoms with Crippen molar-refractivity contribution < 1.29 is 24.2 Å². The Balaban J connectivity index is 1.33. The number of hydrogen-bond acceptors (Lipinski definition) is 4. The van der Waals surface area contributed by atoms with Crippen LogP contribution in [-0.4, -0.2) is 41.8 Å². The van der Waals surface area contributed by atoms with Crippen LogP contribution in [0.15, 0.2) is 48.5 Å². The molecule has 1 saturated carbocycles. The molecule has 1 fully saturated rings. The summed E-state index contributed by atoms with van der Waals surface area (Å²) in [6, 6.07) is 16.1. The van der Waals surface area contributed by atoms with Crippen LogP contribution in [0.4, 0.5) is 4.79 Å². The predicted octanol–water partition coefficient (Wildman–Crippen LogP) is 3.14. The Kier molecular flexibility index (Phi) is 5.43. The van der Waals surface area contributed by atoms with Crippen LogP contribution in [0.5, 0.6) is 0 Å². The van der Waals surface area contributed by atoms with Crippen LogP contribution in [0, 0.1) is 11.8 Å². The number of carbonyl (C=O) groups is 3. The fourth-order valence-electron chi connectivity index (χ4n) is 4.17. The largest absolute Gasteiger partial charge is 0.481 e. The van der Waals surface area contributed by atoms with Gasteiger partial charge in [-0.1, -0.05) is 48.5 Å². The molecule has 0 spiro atoms. The van der Waals surface area contributed by atoms with Crippen molar-refractivity contribution in [3.63, 3.8) is 0 Å². The number of benzene rings is 2. The van der Waals surface area contributed by atoms with Crippen molar-refractivity contribution in [2.45, 2.75) is 31.7 Å². The highest BCUT2D eigenvalue weighted by Crippen LogP contribution is 2.44. The number of alkyl carbamates (subject to hydrolysis) is 1. The number of hydrogen-bond donors (Lipinski definition) is 3. The summed E-state index contributed by atoms with van der Waals surface area (Å²) < 4.78 is 5.50. The molecule has 2 unspecified atom stereocenters. The van der Waals surface area contributed by atoms with Gasteiger partial charge in [0.25, 0.3) is 0 Å². The van der Waals surface area contributed by atoms with E-state index in [0.717, 1.165) is 22.3 Å². The van der Waals surface area contributed by atoms with Crippen molar-refractivity contribution in [1.29, 1.82) is 0 Å². The van der Waals surface area contributed by atoms with Gasteiger partial charge in [-0.3, -0.25) is 9.59 Å². The maximum absolute atomic E-state index is 12.5. The lowest BCUT2D eigenvalue weighted by atomic mass is 9.98. The van der Waals surface area contributed by atoms with Gasteiger partial charge in [-0.05, 0) is 48.4 Å². The monoisotopic (exact) mass is 422 g/mol. The summed E-state index contributed by atoms with van der Waals surface area (Å²) in [6.45, 7) is 3.63. The van der Waals surface area contributed by atoms with Crippen molar-refractivity contribution in [3.05, 3.63) is 59.7 Å². The molecule has 0 bridgehead atoms. The second-order valence-corrected chi connectivity index (χ2v) is 8.73. The molecular formula is C24H26N2O5. The first-order valence-electron chi connectivity index (χ1n) is 10.4. The molecule has 0 aromatic heterocycles. The predicted molar refractivity (Wildman–Crippen MR) is 115 cm³/mol. The van der Waals surface area contributed by atoms with Gasteiger partial charge in [-0.2, -0.15) is 0 Å². The van der Waals surface area contributed by atoms with Crippen molar-refractivity contribution >= 4 is 18.0 Å². The molecule has 2 aromatic rings. The van der Waals surface area contributed by atoms with Crippen molar-refractivity contribution in [1.82, 2.24) is 10.6 Å². The summed E-state index contributed by atoms with van der Waals surface area (Å²) in [6.07, 6.45) is -0.104.